The van der Waals surface area contributed by atoms with Crippen molar-refractivity contribution in [2.45, 2.75) is 5.03 Å². The van der Waals surface area contributed by atoms with Gasteiger partial charge in [-0.15, -0.1) is 0 Å². The Labute approximate surface area is 203 Å². The van der Waals surface area contributed by atoms with Gasteiger partial charge in [-0.3, -0.25) is 4.79 Å². The number of hydrogen-bond donors (Lipinski definition) is 1. The highest BCUT2D eigenvalue weighted by molar-refractivity contribution is 8.00. The van der Waals surface area contributed by atoms with Gasteiger partial charge in [-0.25, -0.2) is 14.6 Å². The van der Waals surface area contributed by atoms with Crippen LogP contribution < -0.4 is 10.1 Å². The van der Waals surface area contributed by atoms with Crippen molar-refractivity contribution in [2.24, 2.45) is 0 Å². The lowest BCUT2D eigenvalue weighted by molar-refractivity contribution is -0.113. The monoisotopic (exact) mass is 481 g/mol. The molecule has 0 aliphatic carbocycles. The largest absolute Gasteiger partial charge is 0.495 e. The van der Waals surface area contributed by atoms with Gasteiger partial charge in [0.25, 0.3) is 0 Å². The van der Waals surface area contributed by atoms with Gasteiger partial charge in [0.05, 0.1) is 35.8 Å². The summed E-state index contributed by atoms with van der Waals surface area (Å²) in [5, 5.41) is 10.8. The second-order valence-corrected chi connectivity index (χ2v) is 8.76. The number of thioether (sulfide) groups is 1. The van der Waals surface area contributed by atoms with E-state index in [-0.39, 0.29) is 11.7 Å². The molecule has 3 heterocycles. The quantitative estimate of drug-likeness (QED) is 0.249. The number of benzene rings is 3. The minimum absolute atomic E-state index is 0.157. The normalized spacial score (nSPS) is 11.3. The number of hydrogen-bond acceptors (Lipinski definition) is 7. The zero-order valence-corrected chi connectivity index (χ0v) is 19.5. The van der Waals surface area contributed by atoms with E-state index < -0.39 is 0 Å². The maximum atomic E-state index is 12.8. The highest BCUT2D eigenvalue weighted by Crippen LogP contribution is 2.36. The number of amides is 1. The SMILES string of the molecule is COc1cc2c(cc1NC(=O)CSc1ncnc3c1cnn3-c1ccccc1)oc1ccccc12. The molecule has 0 spiro atoms. The summed E-state index contributed by atoms with van der Waals surface area (Å²) in [6, 6.07) is 21.2. The summed E-state index contributed by atoms with van der Waals surface area (Å²) in [5.41, 5.74) is 3.61. The number of nitrogens with one attached hydrogen (secondary N) is 1. The van der Waals surface area contributed by atoms with Gasteiger partial charge in [0.1, 0.15) is 28.3 Å². The molecule has 0 atom stereocenters. The van der Waals surface area contributed by atoms with Crippen molar-refractivity contribution in [3.63, 3.8) is 0 Å². The van der Waals surface area contributed by atoms with Crippen LogP contribution in [0.1, 0.15) is 0 Å². The van der Waals surface area contributed by atoms with Gasteiger partial charge >= 0.3 is 0 Å². The van der Waals surface area contributed by atoms with Crippen molar-refractivity contribution in [2.75, 3.05) is 18.2 Å². The lowest BCUT2D eigenvalue weighted by atomic mass is 10.1. The Hall–Kier alpha value is -4.37. The van der Waals surface area contributed by atoms with Crippen LogP contribution in [0.25, 0.3) is 38.7 Å². The summed E-state index contributed by atoms with van der Waals surface area (Å²) in [6.45, 7) is 0. The first-order valence-electron chi connectivity index (χ1n) is 10.9. The Morgan fingerprint density at radius 2 is 1.83 bits per heavy atom. The van der Waals surface area contributed by atoms with E-state index in [9.17, 15) is 4.79 Å². The molecule has 0 unspecified atom stereocenters. The molecule has 0 radical (unpaired) electrons. The highest BCUT2D eigenvalue weighted by atomic mass is 32.2. The number of fused-ring (bicyclic) bond motifs is 4. The molecule has 6 rings (SSSR count). The van der Waals surface area contributed by atoms with Crippen LogP contribution in [-0.2, 0) is 4.79 Å². The third-order valence-corrected chi connectivity index (χ3v) is 6.65. The first-order valence-corrected chi connectivity index (χ1v) is 11.9. The molecule has 172 valence electrons. The van der Waals surface area contributed by atoms with E-state index in [2.05, 4.69) is 20.4 Å². The topological polar surface area (TPSA) is 95.1 Å². The number of para-hydroxylation sites is 2. The Kier molecular flexibility index (Phi) is 5.31. The van der Waals surface area contributed by atoms with Crippen LogP contribution in [0.4, 0.5) is 5.69 Å². The fraction of sp³-hybridized carbons (Fsp3) is 0.0769. The predicted molar refractivity (Wildman–Crippen MR) is 136 cm³/mol. The zero-order valence-electron chi connectivity index (χ0n) is 18.6. The number of carbonyl (C=O) groups excluding carboxylic acids is 1. The fourth-order valence-corrected chi connectivity index (χ4v) is 4.80. The van der Waals surface area contributed by atoms with Crippen molar-refractivity contribution < 1.29 is 13.9 Å². The van der Waals surface area contributed by atoms with Crippen LogP contribution in [0.2, 0.25) is 0 Å². The number of furan rings is 1. The molecular weight excluding hydrogens is 462 g/mol. The lowest BCUT2D eigenvalue weighted by Gasteiger charge is -2.10. The molecule has 1 N–H and O–H groups in total. The smallest absolute Gasteiger partial charge is 0.234 e. The van der Waals surface area contributed by atoms with Gasteiger partial charge in [-0.1, -0.05) is 48.2 Å². The third kappa shape index (κ3) is 3.85. The summed E-state index contributed by atoms with van der Waals surface area (Å²) < 4.78 is 13.3. The third-order valence-electron chi connectivity index (χ3n) is 5.64. The minimum Gasteiger partial charge on any atom is -0.495 e. The second kappa shape index (κ2) is 8.77. The van der Waals surface area contributed by atoms with Gasteiger partial charge < -0.3 is 14.5 Å². The standard InChI is InChI=1S/C26H19N5O3S/c1-33-23-11-18-17-9-5-6-10-21(17)34-22(18)12-20(23)30-24(32)14-35-26-19-13-29-31(25(19)27-15-28-26)16-7-3-2-4-8-16/h2-13,15H,14H2,1H3,(H,30,32). The maximum absolute atomic E-state index is 12.8. The molecule has 1 amide bonds. The number of rotatable bonds is 6. The van der Waals surface area contributed by atoms with E-state index >= 15 is 0 Å². The lowest BCUT2D eigenvalue weighted by Crippen LogP contribution is -2.14. The molecule has 35 heavy (non-hydrogen) atoms. The van der Waals surface area contributed by atoms with Gasteiger partial charge in [-0.05, 0) is 24.3 Å². The number of carbonyl (C=O) groups is 1. The first kappa shape index (κ1) is 21.2. The summed E-state index contributed by atoms with van der Waals surface area (Å²) in [5.74, 6) is 0.533. The van der Waals surface area contributed by atoms with Crippen molar-refractivity contribution in [1.82, 2.24) is 19.7 Å². The molecule has 0 aliphatic rings. The Morgan fingerprint density at radius 1 is 1.00 bits per heavy atom. The predicted octanol–water partition coefficient (Wildman–Crippen LogP) is 5.45. The van der Waals surface area contributed by atoms with E-state index in [4.69, 9.17) is 9.15 Å². The van der Waals surface area contributed by atoms with Crippen LogP contribution in [0, 0.1) is 0 Å². The molecular formula is C26H19N5O3S. The molecule has 3 aromatic carbocycles. The van der Waals surface area contributed by atoms with Gasteiger partial charge in [0.15, 0.2) is 5.65 Å². The van der Waals surface area contributed by atoms with Crippen LogP contribution in [0.15, 0.2) is 88.7 Å². The van der Waals surface area contributed by atoms with Crippen LogP contribution >= 0.6 is 11.8 Å². The molecule has 9 heteroatoms. The highest BCUT2D eigenvalue weighted by Gasteiger charge is 2.16. The molecule has 0 fully saturated rings. The van der Waals surface area contributed by atoms with Crippen molar-refractivity contribution in [1.29, 1.82) is 0 Å². The van der Waals surface area contributed by atoms with E-state index in [0.29, 0.717) is 27.7 Å². The molecule has 0 bridgehead atoms. The number of nitrogens with zero attached hydrogens (tertiary/aromatic N) is 4. The first-order chi connectivity index (χ1) is 17.2. The Morgan fingerprint density at radius 3 is 2.69 bits per heavy atom. The molecule has 8 nitrogen and oxygen atoms in total. The zero-order chi connectivity index (χ0) is 23.8. The van der Waals surface area contributed by atoms with Crippen LogP contribution in [0.3, 0.4) is 0 Å². The van der Waals surface area contributed by atoms with Gasteiger partial charge in [0.2, 0.25) is 5.91 Å². The summed E-state index contributed by atoms with van der Waals surface area (Å²) in [7, 11) is 1.58. The molecule has 0 saturated heterocycles. The van der Waals surface area contributed by atoms with E-state index in [1.54, 1.807) is 24.1 Å². The molecule has 0 saturated carbocycles. The summed E-state index contributed by atoms with van der Waals surface area (Å²) in [6.07, 6.45) is 3.21. The summed E-state index contributed by atoms with van der Waals surface area (Å²) in [4.78, 5) is 21.6. The minimum atomic E-state index is -0.189. The Bertz CT molecular complexity index is 1690. The van der Waals surface area contributed by atoms with Crippen molar-refractivity contribution in [3.05, 3.63) is 79.3 Å². The maximum Gasteiger partial charge on any atom is 0.234 e. The molecule has 6 aromatic rings. The van der Waals surface area contributed by atoms with Crippen molar-refractivity contribution in [3.8, 4) is 11.4 Å². The van der Waals surface area contributed by atoms with Crippen LogP contribution in [-0.4, -0.2) is 38.5 Å². The van der Waals surface area contributed by atoms with Crippen molar-refractivity contribution >= 4 is 56.3 Å². The van der Waals surface area contributed by atoms with Gasteiger partial charge in [-0.2, -0.15) is 5.10 Å². The average Bonchev–Trinajstić information content (AvgIpc) is 3.49. The second-order valence-electron chi connectivity index (χ2n) is 7.79. The Balaban J connectivity index is 1.23. The van der Waals surface area contributed by atoms with E-state index in [1.165, 1.54) is 18.1 Å². The van der Waals surface area contributed by atoms with E-state index in [1.807, 2.05) is 60.7 Å². The average molecular weight is 482 g/mol. The molecule has 0 aliphatic heterocycles. The number of methoxy groups -OCH3 is 1. The number of aromatic nitrogens is 4. The van der Waals surface area contributed by atoms with Crippen LogP contribution in [0.5, 0.6) is 5.75 Å². The van der Waals surface area contributed by atoms with E-state index in [0.717, 1.165) is 27.4 Å². The molecule has 3 aromatic heterocycles. The summed E-state index contributed by atoms with van der Waals surface area (Å²) >= 11 is 1.33. The number of ether oxygens (including phenoxy) is 1. The van der Waals surface area contributed by atoms with Gasteiger partial charge in [0, 0.05) is 16.8 Å². The number of anilines is 1. The fourth-order valence-electron chi connectivity index (χ4n) is 4.03.